The van der Waals surface area contributed by atoms with E-state index < -0.39 is 0 Å². The van der Waals surface area contributed by atoms with E-state index in [1.807, 2.05) is 29.2 Å². The first-order valence-corrected chi connectivity index (χ1v) is 9.40. The van der Waals surface area contributed by atoms with Crippen molar-refractivity contribution in [1.82, 2.24) is 15.2 Å². The summed E-state index contributed by atoms with van der Waals surface area (Å²) >= 11 is 0. The highest BCUT2D eigenvalue weighted by molar-refractivity contribution is 5.99. The van der Waals surface area contributed by atoms with Crippen molar-refractivity contribution in [2.24, 2.45) is 0 Å². The van der Waals surface area contributed by atoms with Gasteiger partial charge in [0.1, 0.15) is 5.82 Å². The van der Waals surface area contributed by atoms with E-state index in [0.717, 1.165) is 59.2 Å². The van der Waals surface area contributed by atoms with Crippen LogP contribution in [0.15, 0.2) is 48.5 Å². The SMILES string of the molecule is O=C1c2ccc(-c3ccc4cc(F)ccc4n3)cc2CN1C1CCCNC1. The minimum Gasteiger partial charge on any atom is -0.330 e. The van der Waals surface area contributed by atoms with Crippen LogP contribution in [0.3, 0.4) is 0 Å². The summed E-state index contributed by atoms with van der Waals surface area (Å²) in [7, 11) is 0. The minimum atomic E-state index is -0.259. The van der Waals surface area contributed by atoms with E-state index >= 15 is 0 Å². The Bertz CT molecular complexity index is 1040. The number of amides is 1. The van der Waals surface area contributed by atoms with Crippen molar-refractivity contribution in [2.45, 2.75) is 25.4 Å². The van der Waals surface area contributed by atoms with Crippen LogP contribution >= 0.6 is 0 Å². The Morgan fingerprint density at radius 3 is 2.89 bits per heavy atom. The lowest BCUT2D eigenvalue weighted by Gasteiger charge is -2.31. The van der Waals surface area contributed by atoms with Crippen LogP contribution < -0.4 is 5.32 Å². The number of nitrogens with one attached hydrogen (secondary N) is 1. The molecule has 1 saturated heterocycles. The fourth-order valence-corrected chi connectivity index (χ4v) is 4.15. The number of aromatic nitrogens is 1. The molecule has 27 heavy (non-hydrogen) atoms. The standard InChI is InChI=1S/C22H20FN3O/c23-17-5-8-21-15(11-17)4-7-20(25-21)14-3-6-19-16(10-14)13-26(22(19)27)18-2-1-9-24-12-18/h3-8,10-11,18,24H,1-2,9,12-13H2. The molecule has 0 bridgehead atoms. The van der Waals surface area contributed by atoms with Crippen molar-refractivity contribution < 1.29 is 9.18 Å². The van der Waals surface area contributed by atoms with Gasteiger partial charge in [-0.05, 0) is 61.3 Å². The third-order valence-electron chi connectivity index (χ3n) is 5.60. The molecule has 1 amide bonds. The summed E-state index contributed by atoms with van der Waals surface area (Å²) in [6.45, 7) is 2.57. The molecule has 1 N–H and O–H groups in total. The molecule has 5 heteroatoms. The maximum Gasteiger partial charge on any atom is 0.254 e. The smallest absolute Gasteiger partial charge is 0.254 e. The third kappa shape index (κ3) is 2.88. The van der Waals surface area contributed by atoms with Crippen LogP contribution in [0.25, 0.3) is 22.2 Å². The Balaban J connectivity index is 1.47. The number of carbonyl (C=O) groups is 1. The lowest BCUT2D eigenvalue weighted by Crippen LogP contribution is -2.46. The number of pyridine rings is 1. The second kappa shape index (κ2) is 6.43. The molecule has 1 aromatic heterocycles. The Morgan fingerprint density at radius 1 is 1.11 bits per heavy atom. The topological polar surface area (TPSA) is 45.2 Å². The van der Waals surface area contributed by atoms with Crippen molar-refractivity contribution in [2.75, 3.05) is 13.1 Å². The normalized spacial score (nSPS) is 19.5. The van der Waals surface area contributed by atoms with E-state index in [1.54, 1.807) is 6.07 Å². The van der Waals surface area contributed by atoms with Gasteiger partial charge in [0.2, 0.25) is 0 Å². The second-order valence-electron chi connectivity index (χ2n) is 7.34. The van der Waals surface area contributed by atoms with Gasteiger partial charge in [-0.25, -0.2) is 9.37 Å². The summed E-state index contributed by atoms with van der Waals surface area (Å²) in [5, 5.41) is 4.17. The predicted octanol–water partition coefficient (Wildman–Crippen LogP) is 3.75. The molecule has 0 spiro atoms. The maximum absolute atomic E-state index is 13.4. The summed E-state index contributed by atoms with van der Waals surface area (Å²) < 4.78 is 13.4. The zero-order valence-electron chi connectivity index (χ0n) is 14.9. The Hall–Kier alpha value is -2.79. The van der Waals surface area contributed by atoms with E-state index in [0.29, 0.717) is 6.54 Å². The van der Waals surface area contributed by atoms with Gasteiger partial charge in [-0.2, -0.15) is 0 Å². The van der Waals surface area contributed by atoms with Gasteiger partial charge < -0.3 is 10.2 Å². The van der Waals surface area contributed by atoms with Gasteiger partial charge in [-0.3, -0.25) is 4.79 Å². The number of rotatable bonds is 2. The zero-order valence-corrected chi connectivity index (χ0v) is 14.9. The van der Waals surface area contributed by atoms with E-state index in [4.69, 9.17) is 0 Å². The molecule has 2 aliphatic heterocycles. The molecule has 0 radical (unpaired) electrons. The summed E-state index contributed by atoms with van der Waals surface area (Å²) in [6, 6.07) is 14.6. The molecular weight excluding hydrogens is 341 g/mol. The summed E-state index contributed by atoms with van der Waals surface area (Å²) in [4.78, 5) is 19.5. The lowest BCUT2D eigenvalue weighted by atomic mass is 10.0. The van der Waals surface area contributed by atoms with Crippen LogP contribution in [0.4, 0.5) is 4.39 Å². The van der Waals surface area contributed by atoms with Gasteiger partial charge in [-0.1, -0.05) is 12.1 Å². The summed E-state index contributed by atoms with van der Waals surface area (Å²) in [6.07, 6.45) is 2.17. The number of hydrogen-bond donors (Lipinski definition) is 1. The maximum atomic E-state index is 13.4. The number of benzene rings is 2. The Morgan fingerprint density at radius 2 is 2.04 bits per heavy atom. The largest absolute Gasteiger partial charge is 0.330 e. The lowest BCUT2D eigenvalue weighted by molar-refractivity contribution is 0.0674. The van der Waals surface area contributed by atoms with Crippen molar-refractivity contribution in [1.29, 1.82) is 0 Å². The minimum absolute atomic E-state index is 0.132. The third-order valence-corrected chi connectivity index (χ3v) is 5.60. The first kappa shape index (κ1) is 16.4. The van der Waals surface area contributed by atoms with Crippen molar-refractivity contribution in [3.8, 4) is 11.3 Å². The van der Waals surface area contributed by atoms with Gasteiger partial charge >= 0.3 is 0 Å². The monoisotopic (exact) mass is 361 g/mol. The van der Waals surface area contributed by atoms with Crippen LogP contribution in [0.2, 0.25) is 0 Å². The van der Waals surface area contributed by atoms with Gasteiger partial charge in [0, 0.05) is 35.6 Å². The molecule has 1 fully saturated rings. The molecule has 1 unspecified atom stereocenters. The van der Waals surface area contributed by atoms with Gasteiger partial charge in [0.05, 0.1) is 11.2 Å². The molecule has 3 aromatic rings. The first-order chi connectivity index (χ1) is 13.2. The van der Waals surface area contributed by atoms with Gasteiger partial charge in [0.15, 0.2) is 0 Å². The molecule has 136 valence electrons. The predicted molar refractivity (Wildman–Crippen MR) is 103 cm³/mol. The highest BCUT2D eigenvalue weighted by Crippen LogP contribution is 2.31. The number of halogens is 1. The van der Waals surface area contributed by atoms with Crippen LogP contribution in [0.5, 0.6) is 0 Å². The van der Waals surface area contributed by atoms with Crippen LogP contribution in [-0.4, -0.2) is 34.9 Å². The van der Waals surface area contributed by atoms with E-state index in [9.17, 15) is 9.18 Å². The fraction of sp³-hybridized carbons (Fsp3) is 0.273. The van der Waals surface area contributed by atoms with Crippen LogP contribution in [-0.2, 0) is 6.54 Å². The molecule has 0 saturated carbocycles. The number of carbonyl (C=O) groups excluding carboxylic acids is 1. The molecule has 3 heterocycles. The van der Waals surface area contributed by atoms with Gasteiger partial charge in [0.25, 0.3) is 5.91 Å². The van der Waals surface area contributed by atoms with Crippen molar-refractivity contribution in [3.63, 3.8) is 0 Å². The fourth-order valence-electron chi connectivity index (χ4n) is 4.15. The number of fused-ring (bicyclic) bond motifs is 2. The summed E-state index contributed by atoms with van der Waals surface area (Å²) in [5.41, 5.74) is 4.44. The van der Waals surface area contributed by atoms with Crippen LogP contribution in [0.1, 0.15) is 28.8 Å². The molecule has 2 aromatic carbocycles. The first-order valence-electron chi connectivity index (χ1n) is 9.40. The van der Waals surface area contributed by atoms with Crippen LogP contribution in [0, 0.1) is 5.82 Å². The molecule has 0 aliphatic carbocycles. The van der Waals surface area contributed by atoms with E-state index in [1.165, 1.54) is 12.1 Å². The van der Waals surface area contributed by atoms with Crippen molar-refractivity contribution in [3.05, 3.63) is 65.5 Å². The number of piperidine rings is 1. The Kier molecular flexibility index (Phi) is 3.90. The molecule has 2 aliphatic rings. The highest BCUT2D eigenvalue weighted by Gasteiger charge is 2.33. The number of nitrogens with zero attached hydrogens (tertiary/aromatic N) is 2. The summed E-state index contributed by atoms with van der Waals surface area (Å²) in [5.74, 6) is -0.127. The van der Waals surface area contributed by atoms with Gasteiger partial charge in [-0.15, -0.1) is 0 Å². The molecule has 5 rings (SSSR count). The molecule has 1 atom stereocenters. The molecular formula is C22H20FN3O. The van der Waals surface area contributed by atoms with E-state index in [2.05, 4.69) is 16.4 Å². The van der Waals surface area contributed by atoms with E-state index in [-0.39, 0.29) is 17.8 Å². The molecule has 4 nitrogen and oxygen atoms in total. The number of hydrogen-bond acceptors (Lipinski definition) is 3. The average molecular weight is 361 g/mol. The second-order valence-corrected chi connectivity index (χ2v) is 7.34. The van der Waals surface area contributed by atoms with Crippen molar-refractivity contribution >= 4 is 16.8 Å². The quantitative estimate of drug-likeness (QED) is 0.756. The average Bonchev–Trinajstić information content (AvgIpc) is 3.04. The highest BCUT2D eigenvalue weighted by atomic mass is 19.1. The Labute approximate surface area is 157 Å². The zero-order chi connectivity index (χ0) is 18.4.